The van der Waals surface area contributed by atoms with Gasteiger partial charge in [-0.15, -0.1) is 0 Å². The maximum Gasteiger partial charge on any atom is 0.411 e. The Morgan fingerprint density at radius 3 is 2.47 bits per heavy atom. The summed E-state index contributed by atoms with van der Waals surface area (Å²) in [6.45, 7) is 4.32. The van der Waals surface area contributed by atoms with Crippen LogP contribution in [0, 0.1) is 0 Å². The Labute approximate surface area is 217 Å². The molecule has 2 aliphatic rings. The monoisotopic (exact) mass is 514 g/mol. The van der Waals surface area contributed by atoms with Crippen LogP contribution in [0.25, 0.3) is 0 Å². The molecule has 2 aromatic rings. The molecule has 1 saturated carbocycles. The van der Waals surface area contributed by atoms with Crippen LogP contribution in [0.3, 0.4) is 0 Å². The average Bonchev–Trinajstić information content (AvgIpc) is 3.59. The van der Waals surface area contributed by atoms with Crippen LogP contribution in [0.15, 0.2) is 42.7 Å². The van der Waals surface area contributed by atoms with Crippen molar-refractivity contribution in [1.29, 1.82) is 0 Å². The van der Waals surface area contributed by atoms with Crippen molar-refractivity contribution in [2.75, 3.05) is 44.2 Å². The molecule has 1 aliphatic heterocycles. The third-order valence-corrected chi connectivity index (χ3v) is 7.22. The third kappa shape index (κ3) is 7.11. The van der Waals surface area contributed by atoms with Gasteiger partial charge in [-0.1, -0.05) is 24.4 Å². The molecule has 1 N–H and O–H groups in total. The lowest BCUT2D eigenvalue weighted by Crippen LogP contribution is -2.40. The highest BCUT2D eigenvalue weighted by Crippen LogP contribution is 2.28. The second kappa shape index (κ2) is 12.9. The Bertz CT molecular complexity index is 1010. The summed E-state index contributed by atoms with van der Waals surface area (Å²) in [5.41, 5.74) is 1.03. The quantitative estimate of drug-likeness (QED) is 0.445. The van der Waals surface area contributed by atoms with Crippen molar-refractivity contribution >= 4 is 29.3 Å². The van der Waals surface area contributed by atoms with Gasteiger partial charge in [-0.3, -0.25) is 14.7 Å². The van der Waals surface area contributed by atoms with Gasteiger partial charge in [0, 0.05) is 35.6 Å². The van der Waals surface area contributed by atoms with E-state index in [9.17, 15) is 14.7 Å². The molecule has 0 radical (unpaired) electrons. The third-order valence-electron chi connectivity index (χ3n) is 7.01. The second-order valence-corrected chi connectivity index (χ2v) is 9.94. The van der Waals surface area contributed by atoms with Gasteiger partial charge >= 0.3 is 6.09 Å². The average molecular weight is 515 g/mol. The van der Waals surface area contributed by atoms with Crippen LogP contribution in [0.4, 0.5) is 10.5 Å². The topological polar surface area (TPSA) is 86.2 Å². The lowest BCUT2D eigenvalue weighted by atomic mass is 10.1. The van der Waals surface area contributed by atoms with Crippen LogP contribution in [-0.4, -0.2) is 77.3 Å². The molecule has 9 heteroatoms. The Morgan fingerprint density at radius 1 is 1.06 bits per heavy atom. The minimum absolute atomic E-state index is 0.0142. The first-order chi connectivity index (χ1) is 17.5. The second-order valence-electron chi connectivity index (χ2n) is 9.50. The van der Waals surface area contributed by atoms with Crippen molar-refractivity contribution in [3.05, 3.63) is 53.3 Å². The van der Waals surface area contributed by atoms with E-state index in [4.69, 9.17) is 16.3 Å². The number of likely N-dealkylation sites (tertiary alicyclic amines) is 1. The van der Waals surface area contributed by atoms with E-state index in [-0.39, 0.29) is 25.1 Å². The van der Waals surface area contributed by atoms with Crippen molar-refractivity contribution in [2.45, 2.75) is 51.0 Å². The summed E-state index contributed by atoms with van der Waals surface area (Å²) in [5, 5.41) is 9.99. The van der Waals surface area contributed by atoms with Gasteiger partial charge in [-0.05, 0) is 82.1 Å². The largest absolute Gasteiger partial charge is 0.492 e. The zero-order valence-corrected chi connectivity index (χ0v) is 21.4. The number of amides is 2. The molecule has 0 atom stereocenters. The molecule has 1 aromatic carbocycles. The number of hydrogen-bond acceptors (Lipinski definition) is 5. The molecule has 2 fully saturated rings. The normalized spacial score (nSPS) is 16.2. The first-order valence-corrected chi connectivity index (χ1v) is 13.3. The molecule has 8 nitrogen and oxygen atoms in total. The highest BCUT2D eigenvalue weighted by molar-refractivity contribution is 6.31. The standard InChI is InChI=1S/C27H35ClN4O4/c28-22-18-21(19-25(20-22)36-17-16-32(27(34)35)24-8-10-29-11-9-24)26(33)31(23-6-1-2-7-23)15-5-14-30-12-3-4-13-30/h8-11,18-20,23H,1-7,12-17H2,(H,34,35). The van der Waals surface area contributed by atoms with Crippen LogP contribution >= 0.6 is 11.6 Å². The molecule has 2 amide bonds. The van der Waals surface area contributed by atoms with Gasteiger partial charge in [0.2, 0.25) is 0 Å². The van der Waals surface area contributed by atoms with Gasteiger partial charge in [0.15, 0.2) is 0 Å². The minimum atomic E-state index is -1.08. The molecule has 1 saturated heterocycles. The van der Waals surface area contributed by atoms with Gasteiger partial charge in [0.25, 0.3) is 5.91 Å². The summed E-state index contributed by atoms with van der Waals surface area (Å²) >= 11 is 6.37. The van der Waals surface area contributed by atoms with Crippen LogP contribution < -0.4 is 9.64 Å². The van der Waals surface area contributed by atoms with E-state index in [0.29, 0.717) is 22.0 Å². The molecular formula is C27H35ClN4O4. The number of carbonyl (C=O) groups excluding carboxylic acids is 1. The number of hydrogen-bond donors (Lipinski definition) is 1. The SMILES string of the molecule is O=C(O)N(CCOc1cc(Cl)cc(C(=O)N(CCCN2CCCC2)C2CCCC2)c1)c1ccncc1. The molecular weight excluding hydrogens is 480 g/mol. The summed E-state index contributed by atoms with van der Waals surface area (Å²) in [5.74, 6) is 0.439. The van der Waals surface area contributed by atoms with Crippen molar-refractivity contribution in [2.24, 2.45) is 0 Å². The molecule has 2 heterocycles. The van der Waals surface area contributed by atoms with E-state index in [0.717, 1.165) is 58.3 Å². The fraction of sp³-hybridized carbons (Fsp3) is 0.519. The number of ether oxygens (including phenoxy) is 1. The zero-order chi connectivity index (χ0) is 25.3. The molecule has 0 spiro atoms. The Balaban J connectivity index is 1.40. The predicted molar refractivity (Wildman–Crippen MR) is 140 cm³/mol. The molecule has 36 heavy (non-hydrogen) atoms. The van der Waals surface area contributed by atoms with Crippen molar-refractivity contribution in [3.8, 4) is 5.75 Å². The Hall–Kier alpha value is -2.84. The van der Waals surface area contributed by atoms with Gasteiger partial charge in [0.1, 0.15) is 12.4 Å². The van der Waals surface area contributed by atoms with Crippen LogP contribution in [0.1, 0.15) is 55.3 Å². The molecule has 0 bridgehead atoms. The van der Waals surface area contributed by atoms with Gasteiger partial charge in [-0.2, -0.15) is 0 Å². The van der Waals surface area contributed by atoms with E-state index in [2.05, 4.69) is 9.88 Å². The van der Waals surface area contributed by atoms with E-state index in [1.165, 1.54) is 17.7 Å². The molecule has 194 valence electrons. The first-order valence-electron chi connectivity index (χ1n) is 12.9. The summed E-state index contributed by atoms with van der Waals surface area (Å²) in [7, 11) is 0. The van der Waals surface area contributed by atoms with E-state index in [1.807, 2.05) is 4.90 Å². The summed E-state index contributed by atoms with van der Waals surface area (Å²) in [6, 6.07) is 8.60. The number of nitrogens with zero attached hydrogens (tertiary/aromatic N) is 4. The molecule has 1 aliphatic carbocycles. The van der Waals surface area contributed by atoms with E-state index < -0.39 is 6.09 Å². The number of carbonyl (C=O) groups is 2. The fourth-order valence-electron chi connectivity index (χ4n) is 5.19. The number of anilines is 1. The van der Waals surface area contributed by atoms with Crippen molar-refractivity contribution < 1.29 is 19.4 Å². The summed E-state index contributed by atoms with van der Waals surface area (Å²) < 4.78 is 5.85. The highest BCUT2D eigenvalue weighted by Gasteiger charge is 2.28. The molecule has 4 rings (SSSR count). The van der Waals surface area contributed by atoms with Gasteiger partial charge < -0.3 is 19.6 Å². The minimum Gasteiger partial charge on any atom is -0.492 e. The number of benzene rings is 1. The summed E-state index contributed by atoms with van der Waals surface area (Å²) in [4.78, 5) is 35.0. The number of rotatable bonds is 11. The molecule has 1 aromatic heterocycles. The lowest BCUT2D eigenvalue weighted by Gasteiger charge is -2.30. The van der Waals surface area contributed by atoms with E-state index in [1.54, 1.807) is 42.7 Å². The van der Waals surface area contributed by atoms with Crippen LogP contribution in [0.5, 0.6) is 5.75 Å². The summed E-state index contributed by atoms with van der Waals surface area (Å²) in [6.07, 6.45) is 9.90. The first kappa shape index (κ1) is 26.2. The smallest absolute Gasteiger partial charge is 0.411 e. The number of pyridine rings is 1. The Morgan fingerprint density at radius 2 is 1.78 bits per heavy atom. The maximum absolute atomic E-state index is 13.6. The van der Waals surface area contributed by atoms with Gasteiger partial charge in [0.05, 0.1) is 12.2 Å². The number of aromatic nitrogens is 1. The fourth-order valence-corrected chi connectivity index (χ4v) is 5.41. The highest BCUT2D eigenvalue weighted by atomic mass is 35.5. The van der Waals surface area contributed by atoms with Gasteiger partial charge in [-0.25, -0.2) is 4.79 Å². The molecule has 0 unspecified atom stereocenters. The lowest BCUT2D eigenvalue weighted by molar-refractivity contribution is 0.0672. The number of halogens is 1. The zero-order valence-electron chi connectivity index (χ0n) is 20.6. The maximum atomic E-state index is 13.6. The van der Waals surface area contributed by atoms with Crippen molar-refractivity contribution in [3.63, 3.8) is 0 Å². The number of carboxylic acid groups (broad SMARTS) is 1. The van der Waals surface area contributed by atoms with Crippen LogP contribution in [0.2, 0.25) is 5.02 Å². The predicted octanol–water partition coefficient (Wildman–Crippen LogP) is 5.17. The Kier molecular flexibility index (Phi) is 9.41. The van der Waals surface area contributed by atoms with E-state index >= 15 is 0 Å². The van der Waals surface area contributed by atoms with Crippen LogP contribution in [-0.2, 0) is 0 Å². The van der Waals surface area contributed by atoms with Crippen molar-refractivity contribution in [1.82, 2.24) is 14.8 Å².